The second-order valence-electron chi connectivity index (χ2n) is 3.19. The molecule has 0 spiro atoms. The molecule has 6 heteroatoms. The molecule has 0 aliphatic carbocycles. The summed E-state index contributed by atoms with van der Waals surface area (Å²) in [6.45, 7) is 1.63. The standard InChI is InChI=1S/C11H11N3O3/c1-3-7(2)13-11(17)14-8-5-4-6-12-9(8)10(15)16/h1,4-7H,2H3,(H,15,16)(H2,13,14,17). The van der Waals surface area contributed by atoms with E-state index in [-0.39, 0.29) is 11.4 Å². The van der Waals surface area contributed by atoms with Gasteiger partial charge in [0.25, 0.3) is 0 Å². The molecule has 0 radical (unpaired) electrons. The number of nitrogens with one attached hydrogen (secondary N) is 2. The van der Waals surface area contributed by atoms with Gasteiger partial charge in [-0.25, -0.2) is 14.6 Å². The summed E-state index contributed by atoms with van der Waals surface area (Å²) in [6.07, 6.45) is 6.42. The van der Waals surface area contributed by atoms with E-state index in [0.29, 0.717) is 0 Å². The van der Waals surface area contributed by atoms with E-state index in [0.717, 1.165) is 0 Å². The molecule has 0 aliphatic rings. The van der Waals surface area contributed by atoms with E-state index in [9.17, 15) is 9.59 Å². The van der Waals surface area contributed by atoms with Crippen LogP contribution in [0.5, 0.6) is 0 Å². The summed E-state index contributed by atoms with van der Waals surface area (Å²) in [5.41, 5.74) is -0.113. The SMILES string of the molecule is C#CC(C)NC(=O)Nc1cccnc1C(=O)O. The van der Waals surface area contributed by atoms with Gasteiger partial charge < -0.3 is 15.7 Å². The van der Waals surface area contributed by atoms with E-state index in [1.165, 1.54) is 18.3 Å². The first kappa shape index (κ1) is 12.5. The number of terminal acetylenes is 1. The van der Waals surface area contributed by atoms with Gasteiger partial charge in [-0.15, -0.1) is 6.42 Å². The second-order valence-corrected chi connectivity index (χ2v) is 3.19. The number of amides is 2. The van der Waals surface area contributed by atoms with Crippen molar-refractivity contribution in [3.63, 3.8) is 0 Å². The summed E-state index contributed by atoms with van der Waals surface area (Å²) in [6, 6.07) is 1.94. The van der Waals surface area contributed by atoms with Crippen molar-refractivity contribution < 1.29 is 14.7 Å². The number of carbonyl (C=O) groups is 2. The highest BCUT2D eigenvalue weighted by Crippen LogP contribution is 2.11. The molecule has 0 saturated heterocycles. The Morgan fingerprint density at radius 1 is 1.59 bits per heavy atom. The van der Waals surface area contributed by atoms with Crippen molar-refractivity contribution in [3.8, 4) is 12.3 Å². The topological polar surface area (TPSA) is 91.3 Å². The zero-order valence-corrected chi connectivity index (χ0v) is 9.10. The Balaban J connectivity index is 2.79. The lowest BCUT2D eigenvalue weighted by atomic mass is 10.3. The van der Waals surface area contributed by atoms with Crippen molar-refractivity contribution in [1.82, 2.24) is 10.3 Å². The number of carboxylic acid groups (broad SMARTS) is 1. The number of aromatic carboxylic acids is 1. The summed E-state index contributed by atoms with van der Waals surface area (Å²) in [5.74, 6) is 1.10. The van der Waals surface area contributed by atoms with Crippen LogP contribution in [0.2, 0.25) is 0 Å². The number of anilines is 1. The molecule has 17 heavy (non-hydrogen) atoms. The minimum absolute atomic E-state index is 0.113. The first-order valence-corrected chi connectivity index (χ1v) is 4.76. The predicted octanol–water partition coefficient (Wildman–Crippen LogP) is 0.923. The maximum atomic E-state index is 11.4. The fourth-order valence-corrected chi connectivity index (χ4v) is 1.07. The highest BCUT2D eigenvalue weighted by Gasteiger charge is 2.13. The van der Waals surface area contributed by atoms with Crippen LogP contribution in [-0.4, -0.2) is 28.1 Å². The molecule has 0 saturated carbocycles. The molecule has 1 unspecified atom stereocenters. The Hall–Kier alpha value is -2.55. The minimum Gasteiger partial charge on any atom is -0.476 e. The third-order valence-electron chi connectivity index (χ3n) is 1.86. The lowest BCUT2D eigenvalue weighted by Crippen LogP contribution is -2.35. The molecule has 0 bridgehead atoms. The Labute approximate surface area is 98.1 Å². The molecule has 0 aliphatic heterocycles. The summed E-state index contributed by atoms with van der Waals surface area (Å²) in [5, 5.41) is 13.6. The molecule has 1 atom stereocenters. The maximum Gasteiger partial charge on any atom is 0.356 e. The largest absolute Gasteiger partial charge is 0.476 e. The highest BCUT2D eigenvalue weighted by atomic mass is 16.4. The number of hydrogen-bond donors (Lipinski definition) is 3. The smallest absolute Gasteiger partial charge is 0.356 e. The predicted molar refractivity (Wildman–Crippen MR) is 61.6 cm³/mol. The number of rotatable bonds is 3. The Kier molecular flexibility index (Phi) is 4.06. The van der Waals surface area contributed by atoms with Gasteiger partial charge in [0, 0.05) is 6.20 Å². The fourth-order valence-electron chi connectivity index (χ4n) is 1.07. The molecule has 0 fully saturated rings. The number of aromatic nitrogens is 1. The van der Waals surface area contributed by atoms with Crippen molar-refractivity contribution >= 4 is 17.7 Å². The lowest BCUT2D eigenvalue weighted by molar-refractivity contribution is 0.0692. The monoisotopic (exact) mass is 233 g/mol. The molecule has 6 nitrogen and oxygen atoms in total. The van der Waals surface area contributed by atoms with E-state index in [4.69, 9.17) is 11.5 Å². The van der Waals surface area contributed by atoms with Gasteiger partial charge in [-0.2, -0.15) is 0 Å². The second kappa shape index (κ2) is 5.51. The zero-order chi connectivity index (χ0) is 12.8. The van der Waals surface area contributed by atoms with Crippen LogP contribution < -0.4 is 10.6 Å². The highest BCUT2D eigenvalue weighted by molar-refractivity contribution is 5.98. The van der Waals surface area contributed by atoms with Crippen molar-refractivity contribution in [2.24, 2.45) is 0 Å². The third kappa shape index (κ3) is 3.50. The van der Waals surface area contributed by atoms with E-state index in [1.54, 1.807) is 6.92 Å². The molecule has 1 aromatic heterocycles. The summed E-state index contributed by atoms with van der Waals surface area (Å²) >= 11 is 0. The van der Waals surface area contributed by atoms with Crippen LogP contribution in [0.25, 0.3) is 0 Å². The number of urea groups is 1. The Morgan fingerprint density at radius 2 is 2.29 bits per heavy atom. The molecule has 3 N–H and O–H groups in total. The fraction of sp³-hybridized carbons (Fsp3) is 0.182. The van der Waals surface area contributed by atoms with Gasteiger partial charge in [0.15, 0.2) is 5.69 Å². The summed E-state index contributed by atoms with van der Waals surface area (Å²) < 4.78 is 0. The number of carbonyl (C=O) groups excluding carboxylic acids is 1. The average Bonchev–Trinajstić information content (AvgIpc) is 2.29. The molecule has 0 aromatic carbocycles. The molecule has 1 heterocycles. The van der Waals surface area contributed by atoms with Crippen molar-refractivity contribution in [3.05, 3.63) is 24.0 Å². The normalized spacial score (nSPS) is 11.1. The number of pyridine rings is 1. The van der Waals surface area contributed by atoms with Crippen LogP contribution in [0.15, 0.2) is 18.3 Å². The van der Waals surface area contributed by atoms with E-state index < -0.39 is 18.0 Å². The Bertz CT molecular complexity index is 479. The number of nitrogens with zero attached hydrogens (tertiary/aromatic N) is 1. The van der Waals surface area contributed by atoms with Gasteiger partial charge in [-0.3, -0.25) is 0 Å². The molecular weight excluding hydrogens is 222 g/mol. The van der Waals surface area contributed by atoms with Gasteiger partial charge in [0.05, 0.1) is 11.7 Å². The van der Waals surface area contributed by atoms with Crippen LogP contribution in [0.4, 0.5) is 10.5 Å². The van der Waals surface area contributed by atoms with Gasteiger partial charge in [-0.05, 0) is 19.1 Å². The van der Waals surface area contributed by atoms with Crippen molar-refractivity contribution in [2.75, 3.05) is 5.32 Å². The average molecular weight is 233 g/mol. The number of carboxylic acids is 1. The minimum atomic E-state index is -1.22. The first-order chi connectivity index (χ1) is 8.04. The molecule has 88 valence electrons. The zero-order valence-electron chi connectivity index (χ0n) is 9.10. The quantitative estimate of drug-likeness (QED) is 0.677. The van der Waals surface area contributed by atoms with Crippen LogP contribution in [0, 0.1) is 12.3 Å². The van der Waals surface area contributed by atoms with E-state index >= 15 is 0 Å². The lowest BCUT2D eigenvalue weighted by Gasteiger charge is -2.10. The van der Waals surface area contributed by atoms with Gasteiger partial charge in [0.1, 0.15) is 0 Å². The van der Waals surface area contributed by atoms with Gasteiger partial charge in [-0.1, -0.05) is 5.92 Å². The third-order valence-corrected chi connectivity index (χ3v) is 1.86. The first-order valence-electron chi connectivity index (χ1n) is 4.76. The Morgan fingerprint density at radius 3 is 2.88 bits per heavy atom. The molecule has 1 aromatic rings. The van der Waals surface area contributed by atoms with Gasteiger partial charge >= 0.3 is 12.0 Å². The van der Waals surface area contributed by atoms with E-state index in [2.05, 4.69) is 21.5 Å². The van der Waals surface area contributed by atoms with Crippen molar-refractivity contribution in [1.29, 1.82) is 0 Å². The molecule has 1 rings (SSSR count). The maximum absolute atomic E-state index is 11.4. The van der Waals surface area contributed by atoms with Crippen LogP contribution in [-0.2, 0) is 0 Å². The van der Waals surface area contributed by atoms with E-state index in [1.807, 2.05) is 0 Å². The van der Waals surface area contributed by atoms with Crippen LogP contribution in [0.1, 0.15) is 17.4 Å². The van der Waals surface area contributed by atoms with Crippen LogP contribution >= 0.6 is 0 Å². The van der Waals surface area contributed by atoms with Gasteiger partial charge in [0.2, 0.25) is 0 Å². The molecule has 2 amide bonds. The van der Waals surface area contributed by atoms with Crippen LogP contribution in [0.3, 0.4) is 0 Å². The summed E-state index contributed by atoms with van der Waals surface area (Å²) in [4.78, 5) is 25.9. The summed E-state index contributed by atoms with van der Waals surface area (Å²) in [7, 11) is 0. The molecular formula is C11H11N3O3. The van der Waals surface area contributed by atoms with Crippen molar-refractivity contribution in [2.45, 2.75) is 13.0 Å². The number of hydrogen-bond acceptors (Lipinski definition) is 3.